The first kappa shape index (κ1) is 25.8. The number of hydrogen-bond acceptors (Lipinski definition) is 5. The van der Waals surface area contributed by atoms with Crippen LogP contribution in [0, 0.1) is 18.8 Å². The van der Waals surface area contributed by atoms with Crippen molar-refractivity contribution in [1.82, 2.24) is 15.5 Å². The Morgan fingerprint density at radius 1 is 1.20 bits per heavy atom. The number of alkyl halides is 3. The maximum atomic E-state index is 12.9. The van der Waals surface area contributed by atoms with Crippen LogP contribution in [0.4, 0.5) is 18.0 Å². The summed E-state index contributed by atoms with van der Waals surface area (Å²) in [4.78, 5) is 27.2. The summed E-state index contributed by atoms with van der Waals surface area (Å²) in [7, 11) is 0. The Morgan fingerprint density at radius 2 is 1.91 bits per heavy atom. The predicted octanol–water partition coefficient (Wildman–Crippen LogP) is 3.36. The van der Waals surface area contributed by atoms with E-state index in [-0.39, 0.29) is 18.2 Å². The minimum Gasteiger partial charge on any atom is -0.508 e. The molecule has 0 aromatic heterocycles. The molecule has 4 atom stereocenters. The number of imide groups is 1. The zero-order chi connectivity index (χ0) is 25.6. The molecule has 1 heterocycles. The molecule has 10 heteroatoms. The van der Waals surface area contributed by atoms with Crippen LogP contribution in [0.5, 0.6) is 5.75 Å². The Hall–Kier alpha value is -2.33. The Kier molecular flexibility index (Phi) is 6.83. The van der Waals surface area contributed by atoms with Crippen molar-refractivity contribution < 1.29 is 33.0 Å². The van der Waals surface area contributed by atoms with Gasteiger partial charge in [0.25, 0.3) is 0 Å². The summed E-state index contributed by atoms with van der Waals surface area (Å²) in [5.41, 5.74) is -0.364. The van der Waals surface area contributed by atoms with Gasteiger partial charge in [0.2, 0.25) is 5.91 Å². The number of amides is 3. The number of nitrogens with one attached hydrogen (secondary N) is 2. The van der Waals surface area contributed by atoms with Crippen LogP contribution in [-0.4, -0.2) is 64.5 Å². The lowest BCUT2D eigenvalue weighted by atomic mass is 9.51. The summed E-state index contributed by atoms with van der Waals surface area (Å²) in [6.07, 6.45) is -0.803. The fraction of sp³-hybridized carbons (Fsp3) is 0.680. The minimum absolute atomic E-state index is 0.0634. The number of benzene rings is 1. The van der Waals surface area contributed by atoms with Gasteiger partial charge in [-0.1, -0.05) is 6.07 Å². The number of likely N-dealkylation sites (tertiary alicyclic amines) is 1. The standard InChI is InChI=1S/C25H34F3N3O4/c1-15-3-6-19(32)11-20(15)23-9-10-31(13-17-4-5-17)16(2)24(23,35)8-7-18(12-23)21(33)30-22(34)29-14-25(26,27)28/h3,6,11,16-18,32,35H,4-5,7-10,12-14H2,1-2H3,(H2,29,30,33,34). The van der Waals surface area contributed by atoms with Crippen molar-refractivity contribution in [3.05, 3.63) is 29.3 Å². The van der Waals surface area contributed by atoms with E-state index in [1.54, 1.807) is 23.5 Å². The molecule has 0 radical (unpaired) electrons. The number of carbonyl (C=O) groups is 2. The second kappa shape index (κ2) is 9.28. The average Bonchev–Trinajstić information content (AvgIpc) is 3.60. The summed E-state index contributed by atoms with van der Waals surface area (Å²) < 4.78 is 37.2. The lowest BCUT2D eigenvalue weighted by molar-refractivity contribution is -0.167. The van der Waals surface area contributed by atoms with Crippen LogP contribution in [0.1, 0.15) is 56.6 Å². The Morgan fingerprint density at radius 3 is 2.57 bits per heavy atom. The molecule has 3 aliphatic rings. The Bertz CT molecular complexity index is 983. The minimum atomic E-state index is -4.58. The first-order valence-corrected chi connectivity index (χ1v) is 12.3. The number of phenolic OH excluding ortho intramolecular Hbond substituents is 1. The maximum absolute atomic E-state index is 12.9. The van der Waals surface area contributed by atoms with E-state index in [0.717, 1.165) is 24.2 Å². The molecule has 4 rings (SSSR count). The largest absolute Gasteiger partial charge is 0.508 e. The second-order valence-corrected chi connectivity index (χ2v) is 10.6. The van der Waals surface area contributed by atoms with Crippen molar-refractivity contribution in [1.29, 1.82) is 0 Å². The normalized spacial score (nSPS) is 31.5. The number of phenols is 1. The summed E-state index contributed by atoms with van der Waals surface area (Å²) >= 11 is 0. The number of aromatic hydroxyl groups is 1. The van der Waals surface area contributed by atoms with Crippen LogP contribution >= 0.6 is 0 Å². The third-order valence-electron chi connectivity index (χ3n) is 8.35. The molecule has 35 heavy (non-hydrogen) atoms. The molecule has 1 aromatic carbocycles. The number of fused-ring (bicyclic) bond motifs is 1. The van der Waals surface area contributed by atoms with Gasteiger partial charge < -0.3 is 15.5 Å². The molecule has 7 nitrogen and oxygen atoms in total. The molecule has 0 spiro atoms. The summed E-state index contributed by atoms with van der Waals surface area (Å²) in [5.74, 6) is -0.616. The van der Waals surface area contributed by atoms with Gasteiger partial charge in [0.15, 0.2) is 0 Å². The molecule has 4 unspecified atom stereocenters. The van der Waals surface area contributed by atoms with E-state index in [1.807, 2.05) is 19.2 Å². The van der Waals surface area contributed by atoms with Crippen LogP contribution in [-0.2, 0) is 10.2 Å². The van der Waals surface area contributed by atoms with Crippen molar-refractivity contribution in [2.75, 3.05) is 19.6 Å². The third kappa shape index (κ3) is 5.14. The zero-order valence-electron chi connectivity index (χ0n) is 20.1. The van der Waals surface area contributed by atoms with Gasteiger partial charge in [0.1, 0.15) is 12.3 Å². The number of nitrogens with zero attached hydrogens (tertiary/aromatic N) is 1. The van der Waals surface area contributed by atoms with Crippen LogP contribution in [0.15, 0.2) is 18.2 Å². The smallest absolute Gasteiger partial charge is 0.405 e. The highest BCUT2D eigenvalue weighted by molar-refractivity contribution is 5.95. The van der Waals surface area contributed by atoms with E-state index in [4.69, 9.17) is 0 Å². The molecule has 1 aromatic rings. The molecular weight excluding hydrogens is 463 g/mol. The summed E-state index contributed by atoms with van der Waals surface area (Å²) in [6.45, 7) is 4.02. The van der Waals surface area contributed by atoms with Crippen molar-refractivity contribution in [3.63, 3.8) is 0 Å². The molecule has 0 bridgehead atoms. The van der Waals surface area contributed by atoms with Gasteiger partial charge in [-0.2, -0.15) is 13.2 Å². The van der Waals surface area contributed by atoms with Crippen LogP contribution < -0.4 is 10.6 Å². The van der Waals surface area contributed by atoms with Gasteiger partial charge in [-0.3, -0.25) is 15.0 Å². The van der Waals surface area contributed by atoms with Gasteiger partial charge in [-0.05, 0) is 88.1 Å². The van der Waals surface area contributed by atoms with E-state index >= 15 is 0 Å². The van der Waals surface area contributed by atoms with E-state index in [0.29, 0.717) is 25.2 Å². The first-order chi connectivity index (χ1) is 16.3. The van der Waals surface area contributed by atoms with Crippen LogP contribution in [0.2, 0.25) is 0 Å². The van der Waals surface area contributed by atoms with Crippen molar-refractivity contribution in [3.8, 4) is 5.75 Å². The molecule has 3 fully saturated rings. The SMILES string of the molecule is Cc1ccc(O)cc1C12CCN(CC3CC3)C(C)C1(O)CCC(C(=O)NC(=O)NCC(F)(F)F)C2. The number of aryl methyl sites for hydroxylation is 1. The molecule has 3 amide bonds. The lowest BCUT2D eigenvalue weighted by Crippen LogP contribution is -2.70. The van der Waals surface area contributed by atoms with E-state index in [1.165, 1.54) is 12.8 Å². The highest BCUT2D eigenvalue weighted by Crippen LogP contribution is 2.56. The number of piperidine rings is 1. The van der Waals surface area contributed by atoms with Gasteiger partial charge in [-0.25, -0.2) is 4.79 Å². The first-order valence-electron chi connectivity index (χ1n) is 12.3. The molecule has 194 valence electrons. The fourth-order valence-corrected chi connectivity index (χ4v) is 6.24. The number of aliphatic hydroxyl groups is 1. The van der Waals surface area contributed by atoms with Crippen LogP contribution in [0.25, 0.3) is 0 Å². The van der Waals surface area contributed by atoms with E-state index in [2.05, 4.69) is 4.90 Å². The van der Waals surface area contributed by atoms with Gasteiger partial charge in [0, 0.05) is 23.9 Å². The summed E-state index contributed by atoms with van der Waals surface area (Å²) in [5, 5.41) is 26.3. The molecule has 2 aliphatic carbocycles. The van der Waals surface area contributed by atoms with Crippen molar-refractivity contribution in [2.45, 2.75) is 75.6 Å². The average molecular weight is 498 g/mol. The van der Waals surface area contributed by atoms with Crippen molar-refractivity contribution >= 4 is 11.9 Å². The maximum Gasteiger partial charge on any atom is 0.405 e. The summed E-state index contributed by atoms with van der Waals surface area (Å²) in [6, 6.07) is 3.65. The van der Waals surface area contributed by atoms with E-state index in [9.17, 15) is 33.0 Å². The number of urea groups is 1. The fourth-order valence-electron chi connectivity index (χ4n) is 6.24. The quantitative estimate of drug-likeness (QED) is 0.500. The third-order valence-corrected chi connectivity index (χ3v) is 8.35. The molecule has 1 aliphatic heterocycles. The second-order valence-electron chi connectivity index (χ2n) is 10.6. The number of halogens is 3. The van der Waals surface area contributed by atoms with Gasteiger partial charge in [-0.15, -0.1) is 0 Å². The topological polar surface area (TPSA) is 102 Å². The monoisotopic (exact) mass is 497 g/mol. The molecule has 2 saturated carbocycles. The van der Waals surface area contributed by atoms with Gasteiger partial charge >= 0.3 is 12.2 Å². The van der Waals surface area contributed by atoms with E-state index < -0.39 is 41.6 Å². The zero-order valence-corrected chi connectivity index (χ0v) is 20.1. The van der Waals surface area contributed by atoms with Gasteiger partial charge in [0.05, 0.1) is 5.60 Å². The van der Waals surface area contributed by atoms with Crippen LogP contribution in [0.3, 0.4) is 0 Å². The molecule has 4 N–H and O–H groups in total. The Balaban J connectivity index is 1.61. The number of hydrogen-bond donors (Lipinski definition) is 4. The van der Waals surface area contributed by atoms with Crippen molar-refractivity contribution in [2.24, 2.45) is 11.8 Å². The number of carbonyl (C=O) groups excluding carboxylic acids is 2. The lowest BCUT2D eigenvalue weighted by Gasteiger charge is -2.61. The highest BCUT2D eigenvalue weighted by atomic mass is 19.4. The predicted molar refractivity (Wildman–Crippen MR) is 123 cm³/mol. The Labute approximate surface area is 203 Å². The molecular formula is C25H34F3N3O4. The molecule has 1 saturated heterocycles. The highest BCUT2D eigenvalue weighted by Gasteiger charge is 2.62. The number of rotatable bonds is 5.